The minimum atomic E-state index is -5.82. The zero-order chi connectivity index (χ0) is 28.2. The normalized spacial score (nSPS) is 13.6. The Bertz CT molecular complexity index is 1410. The number of amides is 1. The smallest absolute Gasteiger partial charge is 0.464 e. The topological polar surface area (TPSA) is 108 Å². The van der Waals surface area contributed by atoms with E-state index in [9.17, 15) is 31.2 Å². The summed E-state index contributed by atoms with van der Waals surface area (Å²) in [5.74, 6) is -1.50. The molecule has 1 aliphatic rings. The third-order valence-electron chi connectivity index (χ3n) is 6.06. The summed E-state index contributed by atoms with van der Waals surface area (Å²) in [5, 5.41) is 2.48. The first-order valence-corrected chi connectivity index (χ1v) is 13.3. The van der Waals surface area contributed by atoms with E-state index in [4.69, 9.17) is 9.47 Å². The van der Waals surface area contributed by atoms with Crippen LogP contribution in [0.5, 0.6) is 5.75 Å². The maximum atomic E-state index is 12.7. The van der Waals surface area contributed by atoms with Gasteiger partial charge >= 0.3 is 27.7 Å². The fourth-order valence-electron chi connectivity index (χ4n) is 4.31. The van der Waals surface area contributed by atoms with Gasteiger partial charge in [0.05, 0.1) is 6.61 Å². The van der Waals surface area contributed by atoms with Gasteiger partial charge in [0.15, 0.2) is 0 Å². The summed E-state index contributed by atoms with van der Waals surface area (Å²) in [6.45, 7) is 1.66. The standard InChI is InChI=1S/C27H24F3NO7S/c1-2-36-25(32)24(15-17-11-13-18(14-12-17)38-39(34,35)27(28,29)30)31-26(33)37-16-23-21-9-5-3-7-19(21)20-8-4-6-10-22(20)23/h3-14,23-24H,2,15-16H2,1H3,(H,31,33). The van der Waals surface area contributed by atoms with E-state index in [1.165, 1.54) is 12.1 Å². The van der Waals surface area contributed by atoms with E-state index < -0.39 is 39.5 Å². The third-order valence-corrected chi connectivity index (χ3v) is 7.04. The molecule has 8 nitrogen and oxygen atoms in total. The minimum absolute atomic E-state index is 0.0229. The number of ether oxygens (including phenoxy) is 2. The first kappa shape index (κ1) is 28.0. The number of carbonyl (C=O) groups is 2. The number of fused-ring (bicyclic) bond motifs is 3. The van der Waals surface area contributed by atoms with Crippen molar-refractivity contribution in [3.8, 4) is 16.9 Å². The van der Waals surface area contributed by atoms with Crippen LogP contribution in [-0.4, -0.2) is 45.2 Å². The summed E-state index contributed by atoms with van der Waals surface area (Å²) in [5.41, 5.74) is -1.03. The molecule has 1 unspecified atom stereocenters. The number of rotatable bonds is 9. The molecule has 1 amide bonds. The van der Waals surface area contributed by atoms with E-state index in [1.807, 2.05) is 48.5 Å². The van der Waals surface area contributed by atoms with Crippen molar-refractivity contribution in [1.29, 1.82) is 0 Å². The second-order valence-corrected chi connectivity index (χ2v) is 10.1. The highest BCUT2D eigenvalue weighted by Crippen LogP contribution is 2.44. The fourth-order valence-corrected chi connectivity index (χ4v) is 4.77. The van der Waals surface area contributed by atoms with Crippen LogP contribution >= 0.6 is 0 Å². The van der Waals surface area contributed by atoms with Gasteiger partial charge in [-0.15, -0.1) is 0 Å². The molecule has 0 aromatic heterocycles. The Kier molecular flexibility index (Phi) is 8.14. The summed E-state index contributed by atoms with van der Waals surface area (Å²) in [6.07, 6.45) is -0.957. The highest BCUT2D eigenvalue weighted by molar-refractivity contribution is 7.88. The Morgan fingerprint density at radius 1 is 0.897 bits per heavy atom. The third kappa shape index (κ3) is 6.33. The van der Waals surface area contributed by atoms with Gasteiger partial charge in [0.1, 0.15) is 18.4 Å². The largest absolute Gasteiger partial charge is 0.534 e. The summed E-state index contributed by atoms with van der Waals surface area (Å²) < 4.78 is 74.6. The predicted octanol–water partition coefficient (Wildman–Crippen LogP) is 4.93. The van der Waals surface area contributed by atoms with Crippen LogP contribution in [0.15, 0.2) is 72.8 Å². The molecule has 1 N–H and O–H groups in total. The Labute approximate surface area is 222 Å². The number of hydrogen-bond donors (Lipinski definition) is 1. The molecule has 4 rings (SSSR count). The SMILES string of the molecule is CCOC(=O)C(Cc1ccc(OS(=O)(=O)C(F)(F)F)cc1)NC(=O)OCC1c2ccccc2-c2ccccc21. The predicted molar refractivity (Wildman–Crippen MR) is 134 cm³/mol. The molecule has 39 heavy (non-hydrogen) atoms. The molecular formula is C27H24F3NO7S. The van der Waals surface area contributed by atoms with E-state index in [0.717, 1.165) is 34.4 Å². The van der Waals surface area contributed by atoms with Crippen molar-refractivity contribution in [1.82, 2.24) is 5.32 Å². The lowest BCUT2D eigenvalue weighted by Gasteiger charge is -2.19. The maximum absolute atomic E-state index is 12.7. The number of alkyl halides is 3. The molecule has 0 spiro atoms. The van der Waals surface area contributed by atoms with Crippen molar-refractivity contribution in [2.75, 3.05) is 13.2 Å². The number of nitrogens with one attached hydrogen (secondary N) is 1. The highest BCUT2D eigenvalue weighted by Gasteiger charge is 2.48. The van der Waals surface area contributed by atoms with Crippen molar-refractivity contribution in [3.05, 3.63) is 89.5 Å². The van der Waals surface area contributed by atoms with Crippen LogP contribution in [0.1, 0.15) is 29.5 Å². The summed E-state index contributed by atoms with van der Waals surface area (Å²) in [7, 11) is -5.82. The number of hydrogen-bond acceptors (Lipinski definition) is 7. The van der Waals surface area contributed by atoms with Crippen molar-refractivity contribution in [3.63, 3.8) is 0 Å². The van der Waals surface area contributed by atoms with Crippen LogP contribution in [-0.2, 0) is 30.8 Å². The Hall–Kier alpha value is -4.06. The van der Waals surface area contributed by atoms with Gasteiger partial charge in [-0.25, -0.2) is 9.59 Å². The van der Waals surface area contributed by atoms with Gasteiger partial charge in [-0.3, -0.25) is 0 Å². The maximum Gasteiger partial charge on any atom is 0.534 e. The average Bonchev–Trinajstić information content (AvgIpc) is 3.21. The summed E-state index contributed by atoms with van der Waals surface area (Å²) in [6, 6.07) is 19.0. The number of esters is 1. The first-order valence-electron chi connectivity index (χ1n) is 11.9. The molecule has 0 fully saturated rings. The summed E-state index contributed by atoms with van der Waals surface area (Å²) in [4.78, 5) is 25.2. The van der Waals surface area contributed by atoms with Gasteiger partial charge in [0.2, 0.25) is 0 Å². The average molecular weight is 564 g/mol. The van der Waals surface area contributed by atoms with Crippen molar-refractivity contribution in [2.24, 2.45) is 0 Å². The monoisotopic (exact) mass is 563 g/mol. The van der Waals surface area contributed by atoms with E-state index in [2.05, 4.69) is 9.50 Å². The molecule has 0 heterocycles. The highest BCUT2D eigenvalue weighted by atomic mass is 32.2. The minimum Gasteiger partial charge on any atom is -0.464 e. The Balaban J connectivity index is 1.42. The van der Waals surface area contributed by atoms with Gasteiger partial charge in [-0.05, 0) is 46.9 Å². The zero-order valence-electron chi connectivity index (χ0n) is 20.6. The van der Waals surface area contributed by atoms with Gasteiger partial charge in [-0.1, -0.05) is 60.7 Å². The van der Waals surface area contributed by atoms with Crippen molar-refractivity contribution >= 4 is 22.2 Å². The van der Waals surface area contributed by atoms with Crippen LogP contribution in [0.25, 0.3) is 11.1 Å². The summed E-state index contributed by atoms with van der Waals surface area (Å²) >= 11 is 0. The van der Waals surface area contributed by atoms with E-state index >= 15 is 0 Å². The molecule has 206 valence electrons. The van der Waals surface area contributed by atoms with Crippen LogP contribution in [0.3, 0.4) is 0 Å². The lowest BCUT2D eigenvalue weighted by atomic mass is 9.98. The molecule has 0 saturated heterocycles. The second-order valence-electron chi connectivity index (χ2n) is 8.61. The van der Waals surface area contributed by atoms with Crippen LogP contribution in [0.2, 0.25) is 0 Å². The molecule has 0 saturated carbocycles. The molecular weight excluding hydrogens is 539 g/mol. The molecule has 3 aromatic carbocycles. The molecule has 1 aliphatic carbocycles. The van der Waals surface area contributed by atoms with Gasteiger partial charge in [-0.2, -0.15) is 21.6 Å². The fraction of sp³-hybridized carbons (Fsp3) is 0.259. The number of benzene rings is 3. The van der Waals surface area contributed by atoms with Crippen LogP contribution in [0, 0.1) is 0 Å². The molecule has 0 radical (unpaired) electrons. The van der Waals surface area contributed by atoms with Crippen molar-refractivity contribution in [2.45, 2.75) is 30.8 Å². The first-order chi connectivity index (χ1) is 18.5. The van der Waals surface area contributed by atoms with Gasteiger partial charge in [0.25, 0.3) is 0 Å². The second kappa shape index (κ2) is 11.4. The molecule has 3 aromatic rings. The van der Waals surface area contributed by atoms with Crippen LogP contribution < -0.4 is 9.50 Å². The Morgan fingerprint density at radius 3 is 2.00 bits per heavy atom. The quantitative estimate of drug-likeness (QED) is 0.224. The van der Waals surface area contributed by atoms with Crippen molar-refractivity contribution < 1.29 is 44.8 Å². The molecule has 0 aliphatic heterocycles. The lowest BCUT2D eigenvalue weighted by molar-refractivity contribution is -0.145. The zero-order valence-corrected chi connectivity index (χ0v) is 21.4. The van der Waals surface area contributed by atoms with E-state index in [-0.39, 0.29) is 25.6 Å². The number of halogens is 3. The molecule has 12 heteroatoms. The van der Waals surface area contributed by atoms with Gasteiger partial charge < -0.3 is 19.0 Å². The number of carbonyl (C=O) groups excluding carboxylic acids is 2. The van der Waals surface area contributed by atoms with E-state index in [0.29, 0.717) is 5.56 Å². The number of alkyl carbamates (subject to hydrolysis) is 1. The molecule has 1 atom stereocenters. The van der Waals surface area contributed by atoms with E-state index in [1.54, 1.807) is 6.92 Å². The van der Waals surface area contributed by atoms with Crippen LogP contribution in [0.4, 0.5) is 18.0 Å². The molecule has 0 bridgehead atoms. The van der Waals surface area contributed by atoms with Gasteiger partial charge in [0, 0.05) is 12.3 Å². The Morgan fingerprint density at radius 2 is 1.46 bits per heavy atom. The lowest BCUT2D eigenvalue weighted by Crippen LogP contribution is -2.44.